The number of nitrogens with zero attached hydrogens (tertiary/aromatic N) is 2. The highest BCUT2D eigenvalue weighted by Crippen LogP contribution is 2.35. The highest BCUT2D eigenvalue weighted by molar-refractivity contribution is 8.18. The standard InChI is InChI=1S/C25H22Cl2N2O3S/c1-15-7-9-19(10-8-15)32-12-11-28-24(30)22(33-25(28)31)14-18-13-16(2)29(17(18)3)21-6-4-5-20(26)23(21)27/h4-10,13-14H,11-12H2,1-3H3/b22-14-. The topological polar surface area (TPSA) is 51.5 Å². The smallest absolute Gasteiger partial charge is 0.293 e. The second kappa shape index (κ2) is 9.67. The molecule has 2 heterocycles. The molecule has 4 rings (SSSR count). The lowest BCUT2D eigenvalue weighted by atomic mass is 10.2. The van der Waals surface area contributed by atoms with Crippen molar-refractivity contribution >= 4 is 52.2 Å². The molecule has 0 unspecified atom stereocenters. The molecule has 0 aliphatic carbocycles. The van der Waals surface area contributed by atoms with Gasteiger partial charge in [0.2, 0.25) is 0 Å². The maximum atomic E-state index is 12.9. The van der Waals surface area contributed by atoms with Gasteiger partial charge in [-0.2, -0.15) is 0 Å². The Bertz CT molecular complexity index is 1270. The van der Waals surface area contributed by atoms with E-state index in [1.807, 2.05) is 67.8 Å². The number of hydrogen-bond donors (Lipinski definition) is 0. The van der Waals surface area contributed by atoms with Gasteiger partial charge in [0.15, 0.2) is 0 Å². The van der Waals surface area contributed by atoms with Crippen molar-refractivity contribution < 1.29 is 14.3 Å². The minimum atomic E-state index is -0.317. The van der Waals surface area contributed by atoms with E-state index in [2.05, 4.69) is 0 Å². The summed E-state index contributed by atoms with van der Waals surface area (Å²) < 4.78 is 7.67. The minimum absolute atomic E-state index is 0.188. The van der Waals surface area contributed by atoms with Gasteiger partial charge < -0.3 is 9.30 Å². The zero-order valence-electron chi connectivity index (χ0n) is 18.4. The number of carbonyl (C=O) groups excluding carboxylic acids is 2. The summed E-state index contributed by atoms with van der Waals surface area (Å²) in [6.45, 7) is 6.31. The van der Waals surface area contributed by atoms with E-state index in [0.29, 0.717) is 20.7 Å². The Kier molecular flexibility index (Phi) is 6.88. The maximum absolute atomic E-state index is 12.9. The Morgan fingerprint density at radius 3 is 2.48 bits per heavy atom. The van der Waals surface area contributed by atoms with Crippen molar-refractivity contribution in [2.45, 2.75) is 20.8 Å². The number of rotatable bonds is 6. The first-order valence-electron chi connectivity index (χ1n) is 10.3. The van der Waals surface area contributed by atoms with Crippen molar-refractivity contribution in [1.29, 1.82) is 0 Å². The van der Waals surface area contributed by atoms with Crippen LogP contribution in [0, 0.1) is 20.8 Å². The van der Waals surface area contributed by atoms with E-state index in [1.165, 1.54) is 4.90 Å². The first-order valence-corrected chi connectivity index (χ1v) is 11.9. The maximum Gasteiger partial charge on any atom is 0.293 e. The molecule has 1 aromatic heterocycles. The van der Waals surface area contributed by atoms with Crippen molar-refractivity contribution in [3.8, 4) is 11.4 Å². The molecule has 2 aromatic carbocycles. The molecular weight excluding hydrogens is 479 g/mol. The van der Waals surface area contributed by atoms with Crippen LogP contribution in [0.4, 0.5) is 4.79 Å². The molecule has 0 radical (unpaired) electrons. The van der Waals surface area contributed by atoms with Gasteiger partial charge in [-0.05, 0) is 74.5 Å². The number of carbonyl (C=O) groups is 2. The lowest BCUT2D eigenvalue weighted by molar-refractivity contribution is -0.123. The van der Waals surface area contributed by atoms with Gasteiger partial charge >= 0.3 is 0 Å². The summed E-state index contributed by atoms with van der Waals surface area (Å²) in [6, 6.07) is 15.1. The molecule has 3 aromatic rings. The molecule has 1 aliphatic rings. The Hall–Kier alpha value is -2.67. The fourth-order valence-electron chi connectivity index (χ4n) is 3.69. The van der Waals surface area contributed by atoms with Gasteiger partial charge in [0.1, 0.15) is 12.4 Å². The van der Waals surface area contributed by atoms with Gasteiger partial charge in [-0.3, -0.25) is 14.5 Å². The predicted molar refractivity (Wildman–Crippen MR) is 135 cm³/mol. The van der Waals surface area contributed by atoms with Crippen LogP contribution in [0.5, 0.6) is 5.75 Å². The van der Waals surface area contributed by atoms with Crippen LogP contribution >= 0.6 is 35.0 Å². The molecule has 0 saturated carbocycles. The minimum Gasteiger partial charge on any atom is -0.492 e. The van der Waals surface area contributed by atoms with Gasteiger partial charge in [0.25, 0.3) is 11.1 Å². The predicted octanol–water partition coefficient (Wildman–Crippen LogP) is 6.82. The molecular formula is C25H22Cl2N2O3S. The van der Waals surface area contributed by atoms with Gasteiger partial charge in [-0.1, -0.05) is 47.0 Å². The molecule has 2 amide bonds. The largest absolute Gasteiger partial charge is 0.492 e. The first-order chi connectivity index (χ1) is 15.8. The summed E-state index contributed by atoms with van der Waals surface area (Å²) in [6.07, 6.45) is 1.75. The van der Waals surface area contributed by atoms with Gasteiger partial charge in [0, 0.05) is 11.4 Å². The second-order valence-electron chi connectivity index (χ2n) is 7.73. The van der Waals surface area contributed by atoms with Crippen LogP contribution in [-0.2, 0) is 4.79 Å². The van der Waals surface area contributed by atoms with Crippen LogP contribution in [0.2, 0.25) is 10.0 Å². The van der Waals surface area contributed by atoms with E-state index in [0.717, 1.165) is 40.0 Å². The lowest BCUT2D eigenvalue weighted by Crippen LogP contribution is -2.32. The number of thioether (sulfide) groups is 1. The molecule has 8 heteroatoms. The van der Waals surface area contributed by atoms with Crippen LogP contribution in [0.1, 0.15) is 22.5 Å². The molecule has 1 saturated heterocycles. The number of aryl methyl sites for hydroxylation is 2. The third kappa shape index (κ3) is 4.83. The number of aromatic nitrogens is 1. The number of halogens is 2. The lowest BCUT2D eigenvalue weighted by Gasteiger charge is -2.13. The summed E-state index contributed by atoms with van der Waals surface area (Å²) >= 11 is 13.6. The summed E-state index contributed by atoms with van der Waals surface area (Å²) in [5.41, 5.74) is 4.57. The van der Waals surface area contributed by atoms with Crippen LogP contribution in [0.3, 0.4) is 0 Å². The highest BCUT2D eigenvalue weighted by atomic mass is 35.5. The normalized spacial score (nSPS) is 15.1. The Morgan fingerprint density at radius 2 is 1.76 bits per heavy atom. The zero-order valence-corrected chi connectivity index (χ0v) is 20.7. The molecule has 33 heavy (non-hydrogen) atoms. The van der Waals surface area contributed by atoms with Crippen LogP contribution in [0.15, 0.2) is 53.4 Å². The third-order valence-corrected chi connectivity index (χ3v) is 7.12. The second-order valence-corrected chi connectivity index (χ2v) is 9.51. The van der Waals surface area contributed by atoms with Crippen molar-refractivity contribution in [1.82, 2.24) is 9.47 Å². The Balaban J connectivity index is 1.51. The van der Waals surface area contributed by atoms with E-state index in [4.69, 9.17) is 27.9 Å². The molecule has 0 atom stereocenters. The van der Waals surface area contributed by atoms with E-state index >= 15 is 0 Å². The summed E-state index contributed by atoms with van der Waals surface area (Å²) in [5.74, 6) is 0.387. The van der Waals surface area contributed by atoms with E-state index in [1.54, 1.807) is 12.1 Å². The van der Waals surface area contributed by atoms with Crippen molar-refractivity contribution in [2.75, 3.05) is 13.2 Å². The number of benzene rings is 2. The van der Waals surface area contributed by atoms with Crippen LogP contribution < -0.4 is 4.74 Å². The summed E-state index contributed by atoms with van der Waals surface area (Å²) in [7, 11) is 0. The average Bonchev–Trinajstić information content (AvgIpc) is 3.21. The van der Waals surface area contributed by atoms with E-state index < -0.39 is 0 Å². The van der Waals surface area contributed by atoms with Crippen molar-refractivity contribution in [3.63, 3.8) is 0 Å². The van der Waals surface area contributed by atoms with Gasteiger partial charge in [-0.25, -0.2) is 0 Å². The molecule has 1 aliphatic heterocycles. The van der Waals surface area contributed by atoms with Crippen LogP contribution in [0.25, 0.3) is 11.8 Å². The van der Waals surface area contributed by atoms with E-state index in [-0.39, 0.29) is 24.3 Å². The van der Waals surface area contributed by atoms with E-state index in [9.17, 15) is 9.59 Å². The number of amides is 2. The fraction of sp³-hybridized carbons (Fsp3) is 0.200. The first kappa shape index (κ1) is 23.5. The quantitative estimate of drug-likeness (QED) is 0.348. The van der Waals surface area contributed by atoms with Gasteiger partial charge in [-0.15, -0.1) is 0 Å². The SMILES string of the molecule is Cc1ccc(OCCN2C(=O)S/C(=C\c3cc(C)n(-c4cccc(Cl)c4Cl)c3C)C2=O)cc1. The molecule has 1 fully saturated rings. The molecule has 0 bridgehead atoms. The van der Waals surface area contributed by atoms with Crippen molar-refractivity contribution in [3.05, 3.63) is 86.0 Å². The molecule has 0 N–H and O–H groups in total. The summed E-state index contributed by atoms with van der Waals surface area (Å²) in [5, 5.41) is 0.629. The van der Waals surface area contributed by atoms with Crippen LogP contribution in [-0.4, -0.2) is 33.8 Å². The molecule has 5 nitrogen and oxygen atoms in total. The number of imide groups is 1. The number of ether oxygens (including phenoxy) is 1. The third-order valence-electron chi connectivity index (χ3n) is 5.41. The Morgan fingerprint density at radius 1 is 1.03 bits per heavy atom. The summed E-state index contributed by atoms with van der Waals surface area (Å²) in [4.78, 5) is 27.0. The fourth-order valence-corrected chi connectivity index (χ4v) is 4.93. The molecule has 0 spiro atoms. The zero-order chi connectivity index (χ0) is 23.7. The average molecular weight is 501 g/mol. The van der Waals surface area contributed by atoms with Crippen molar-refractivity contribution in [2.24, 2.45) is 0 Å². The monoisotopic (exact) mass is 500 g/mol. The highest BCUT2D eigenvalue weighted by Gasteiger charge is 2.35. The number of hydrogen-bond acceptors (Lipinski definition) is 4. The Labute approximate surface area is 206 Å². The van der Waals surface area contributed by atoms with Gasteiger partial charge in [0.05, 0.1) is 27.2 Å². The molecule has 170 valence electrons.